The van der Waals surface area contributed by atoms with Crippen LogP contribution in [0, 0.1) is 6.92 Å². The van der Waals surface area contributed by atoms with Gasteiger partial charge < -0.3 is 16.0 Å². The lowest BCUT2D eigenvalue weighted by Crippen LogP contribution is -2.35. The lowest BCUT2D eigenvalue weighted by atomic mass is 10.1. The fourth-order valence-corrected chi connectivity index (χ4v) is 2.17. The third-order valence-corrected chi connectivity index (χ3v) is 3.19. The maximum atomic E-state index is 12.0. The molecule has 1 saturated heterocycles. The van der Waals surface area contributed by atoms with E-state index in [1.807, 2.05) is 19.1 Å². The second kappa shape index (κ2) is 7.26. The molecular weight excluding hydrogens is 278 g/mol. The van der Waals surface area contributed by atoms with Crippen molar-refractivity contribution in [3.63, 3.8) is 0 Å². The molecule has 3 N–H and O–H groups in total. The Hall–Kier alpha value is -1.59. The van der Waals surface area contributed by atoms with Crippen LogP contribution in [0.25, 0.3) is 0 Å². The van der Waals surface area contributed by atoms with E-state index in [9.17, 15) is 9.59 Å². The number of rotatable bonds is 3. The zero-order valence-corrected chi connectivity index (χ0v) is 12.5. The molecule has 0 bridgehead atoms. The number of nitrogens with one attached hydrogen (secondary N) is 3. The molecule has 2 amide bonds. The van der Waals surface area contributed by atoms with Crippen molar-refractivity contribution in [2.75, 3.05) is 17.2 Å². The molecule has 5 nitrogen and oxygen atoms in total. The first kappa shape index (κ1) is 16.5. The van der Waals surface area contributed by atoms with Crippen LogP contribution < -0.4 is 16.0 Å². The molecule has 110 valence electrons. The SMILES string of the molecule is CC(=O)Nc1ccc(C)c(NC(=O)C2CCCN2)c1.Cl. The first-order chi connectivity index (χ1) is 9.06. The minimum Gasteiger partial charge on any atom is -0.326 e. The van der Waals surface area contributed by atoms with Crippen molar-refractivity contribution < 1.29 is 9.59 Å². The summed E-state index contributed by atoms with van der Waals surface area (Å²) >= 11 is 0. The average molecular weight is 298 g/mol. The molecule has 1 aromatic carbocycles. The van der Waals surface area contributed by atoms with Gasteiger partial charge in [-0.15, -0.1) is 12.4 Å². The van der Waals surface area contributed by atoms with Crippen LogP contribution in [0.3, 0.4) is 0 Å². The zero-order chi connectivity index (χ0) is 13.8. The average Bonchev–Trinajstić information content (AvgIpc) is 2.86. The van der Waals surface area contributed by atoms with Gasteiger partial charge in [-0.05, 0) is 44.0 Å². The van der Waals surface area contributed by atoms with Crippen LogP contribution >= 0.6 is 12.4 Å². The number of amides is 2. The van der Waals surface area contributed by atoms with E-state index in [2.05, 4.69) is 16.0 Å². The first-order valence-corrected chi connectivity index (χ1v) is 6.49. The molecule has 1 atom stereocenters. The van der Waals surface area contributed by atoms with Gasteiger partial charge in [-0.1, -0.05) is 6.07 Å². The Morgan fingerprint density at radius 1 is 1.30 bits per heavy atom. The Balaban J connectivity index is 0.00000200. The second-order valence-corrected chi connectivity index (χ2v) is 4.85. The Kier molecular flexibility index (Phi) is 5.98. The molecule has 1 aromatic rings. The molecule has 1 fully saturated rings. The van der Waals surface area contributed by atoms with E-state index in [0.29, 0.717) is 5.69 Å². The van der Waals surface area contributed by atoms with E-state index < -0.39 is 0 Å². The lowest BCUT2D eigenvalue weighted by molar-refractivity contribution is -0.117. The molecule has 1 aliphatic rings. The third-order valence-electron chi connectivity index (χ3n) is 3.19. The van der Waals surface area contributed by atoms with Gasteiger partial charge in [0.05, 0.1) is 6.04 Å². The molecular formula is C14H20ClN3O2. The minimum absolute atomic E-state index is 0. The Bertz CT molecular complexity index is 499. The van der Waals surface area contributed by atoms with E-state index in [1.165, 1.54) is 6.92 Å². The van der Waals surface area contributed by atoms with Gasteiger partial charge in [0.1, 0.15) is 0 Å². The second-order valence-electron chi connectivity index (χ2n) is 4.85. The number of hydrogen-bond acceptors (Lipinski definition) is 3. The van der Waals surface area contributed by atoms with E-state index >= 15 is 0 Å². The largest absolute Gasteiger partial charge is 0.326 e. The topological polar surface area (TPSA) is 70.2 Å². The minimum atomic E-state index is -0.126. The third kappa shape index (κ3) is 4.21. The number of halogens is 1. The van der Waals surface area contributed by atoms with E-state index in [0.717, 1.165) is 30.6 Å². The molecule has 0 spiro atoms. The molecule has 1 unspecified atom stereocenters. The first-order valence-electron chi connectivity index (χ1n) is 6.49. The van der Waals surface area contributed by atoms with Gasteiger partial charge in [-0.3, -0.25) is 9.59 Å². The van der Waals surface area contributed by atoms with Gasteiger partial charge in [-0.25, -0.2) is 0 Å². The van der Waals surface area contributed by atoms with E-state index in [1.54, 1.807) is 6.07 Å². The van der Waals surface area contributed by atoms with Crippen LogP contribution in [0.1, 0.15) is 25.3 Å². The highest BCUT2D eigenvalue weighted by molar-refractivity contribution is 5.97. The molecule has 1 heterocycles. The van der Waals surface area contributed by atoms with Crippen LogP contribution in [-0.4, -0.2) is 24.4 Å². The predicted molar refractivity (Wildman–Crippen MR) is 82.4 cm³/mol. The van der Waals surface area contributed by atoms with Gasteiger partial charge in [-0.2, -0.15) is 0 Å². The summed E-state index contributed by atoms with van der Waals surface area (Å²) in [7, 11) is 0. The predicted octanol–water partition coefficient (Wildman–Crippen LogP) is 2.07. The number of anilines is 2. The van der Waals surface area contributed by atoms with Crippen LogP contribution in [0.15, 0.2) is 18.2 Å². The molecule has 0 saturated carbocycles. The summed E-state index contributed by atoms with van der Waals surface area (Å²) < 4.78 is 0. The summed E-state index contributed by atoms with van der Waals surface area (Å²) in [5.41, 5.74) is 2.40. The summed E-state index contributed by atoms with van der Waals surface area (Å²) in [6.07, 6.45) is 1.90. The van der Waals surface area contributed by atoms with E-state index in [4.69, 9.17) is 0 Å². The van der Waals surface area contributed by atoms with Crippen molar-refractivity contribution in [1.29, 1.82) is 0 Å². The zero-order valence-electron chi connectivity index (χ0n) is 11.7. The summed E-state index contributed by atoms with van der Waals surface area (Å²) in [6.45, 7) is 4.28. The monoisotopic (exact) mass is 297 g/mol. The molecule has 2 rings (SSSR count). The van der Waals surface area contributed by atoms with E-state index in [-0.39, 0.29) is 30.3 Å². The lowest BCUT2D eigenvalue weighted by Gasteiger charge is -2.14. The quantitative estimate of drug-likeness (QED) is 0.800. The van der Waals surface area contributed by atoms with Crippen molar-refractivity contribution >= 4 is 35.6 Å². The van der Waals surface area contributed by atoms with Gasteiger partial charge in [0, 0.05) is 18.3 Å². The summed E-state index contributed by atoms with van der Waals surface area (Å²) in [4.78, 5) is 23.1. The van der Waals surface area contributed by atoms with Crippen molar-refractivity contribution in [2.24, 2.45) is 0 Å². The van der Waals surface area contributed by atoms with Gasteiger partial charge in [0.2, 0.25) is 11.8 Å². The smallest absolute Gasteiger partial charge is 0.241 e. The van der Waals surface area contributed by atoms with Crippen molar-refractivity contribution in [3.8, 4) is 0 Å². The summed E-state index contributed by atoms with van der Waals surface area (Å²) in [5.74, 6) is -0.140. The van der Waals surface area contributed by atoms with Gasteiger partial charge in [0.25, 0.3) is 0 Å². The van der Waals surface area contributed by atoms with Gasteiger partial charge in [0.15, 0.2) is 0 Å². The van der Waals surface area contributed by atoms with Gasteiger partial charge >= 0.3 is 0 Å². The fourth-order valence-electron chi connectivity index (χ4n) is 2.17. The Morgan fingerprint density at radius 3 is 2.65 bits per heavy atom. The molecule has 0 radical (unpaired) electrons. The maximum absolute atomic E-state index is 12.0. The van der Waals surface area contributed by atoms with Crippen LogP contribution in [0.4, 0.5) is 11.4 Å². The number of carbonyl (C=O) groups excluding carboxylic acids is 2. The van der Waals surface area contributed by atoms with Crippen molar-refractivity contribution in [3.05, 3.63) is 23.8 Å². The van der Waals surface area contributed by atoms with Crippen molar-refractivity contribution in [1.82, 2.24) is 5.32 Å². The molecule has 6 heteroatoms. The highest BCUT2D eigenvalue weighted by Crippen LogP contribution is 2.21. The summed E-state index contributed by atoms with van der Waals surface area (Å²) in [6, 6.07) is 5.37. The molecule has 0 aromatic heterocycles. The van der Waals surface area contributed by atoms with Crippen LogP contribution in [-0.2, 0) is 9.59 Å². The van der Waals surface area contributed by atoms with Crippen molar-refractivity contribution in [2.45, 2.75) is 32.7 Å². The Morgan fingerprint density at radius 2 is 2.05 bits per heavy atom. The van der Waals surface area contributed by atoms with Crippen LogP contribution in [0.2, 0.25) is 0 Å². The fraction of sp³-hybridized carbons (Fsp3) is 0.429. The Labute approximate surface area is 124 Å². The standard InChI is InChI=1S/C14H19N3O2.ClH/c1-9-5-6-11(16-10(2)18)8-13(9)17-14(19)12-4-3-7-15-12;/h5-6,8,12,15H,3-4,7H2,1-2H3,(H,16,18)(H,17,19);1H. The maximum Gasteiger partial charge on any atom is 0.241 e. The highest BCUT2D eigenvalue weighted by atomic mass is 35.5. The number of aryl methyl sites for hydroxylation is 1. The highest BCUT2D eigenvalue weighted by Gasteiger charge is 2.22. The molecule has 20 heavy (non-hydrogen) atoms. The number of benzene rings is 1. The number of hydrogen-bond donors (Lipinski definition) is 3. The van der Waals surface area contributed by atoms with Crippen LogP contribution in [0.5, 0.6) is 0 Å². The molecule has 1 aliphatic heterocycles. The molecule has 0 aliphatic carbocycles. The summed E-state index contributed by atoms with van der Waals surface area (Å²) in [5, 5.41) is 8.78. The number of carbonyl (C=O) groups is 2. The normalized spacial score (nSPS) is 17.2.